The minimum atomic E-state index is -3.93. The summed E-state index contributed by atoms with van der Waals surface area (Å²) >= 11 is 6.34. The molecule has 1 aromatic rings. The van der Waals surface area contributed by atoms with E-state index in [1.807, 2.05) is 6.07 Å². The molecule has 1 saturated heterocycles. The van der Waals surface area contributed by atoms with Gasteiger partial charge in [-0.2, -0.15) is 0 Å². The molecule has 3 heterocycles. The van der Waals surface area contributed by atoms with Crippen LogP contribution in [0.5, 0.6) is 0 Å². The van der Waals surface area contributed by atoms with Gasteiger partial charge in [-0.05, 0) is 70.1 Å². The van der Waals surface area contributed by atoms with Crippen molar-refractivity contribution in [3.63, 3.8) is 0 Å². The molecule has 0 spiro atoms. The van der Waals surface area contributed by atoms with Gasteiger partial charge in [0.15, 0.2) is 0 Å². The molecule has 6 rings (SSSR count). The Bertz CT molecular complexity index is 1730. The third kappa shape index (κ3) is 8.44. The number of carbonyl (C=O) groups is 5. The molecule has 17 heteroatoms. The number of nitrogens with one attached hydrogen (secondary N) is 3. The molecule has 3 fully saturated rings. The molecule has 5 atom stereocenters. The first kappa shape index (κ1) is 36.9. The van der Waals surface area contributed by atoms with Crippen molar-refractivity contribution in [3.8, 4) is 0 Å². The predicted molar refractivity (Wildman–Crippen MR) is 183 cm³/mol. The number of nitrogens with zero attached hydrogens (tertiary/aromatic N) is 2. The molecule has 3 N–H and O–H groups in total. The lowest BCUT2D eigenvalue weighted by molar-refractivity contribution is -0.141. The summed E-state index contributed by atoms with van der Waals surface area (Å²) in [7, 11) is -3.93. The molecule has 2 aliphatic carbocycles. The Hall–Kier alpha value is -3.89. The highest BCUT2D eigenvalue weighted by atomic mass is 35.5. The quantitative estimate of drug-likeness (QED) is 0.378. The normalized spacial score (nSPS) is 28.3. The number of rotatable bonds is 5. The van der Waals surface area contributed by atoms with Crippen molar-refractivity contribution < 1.29 is 46.6 Å². The molecular weight excluding hydrogens is 706 g/mol. The van der Waals surface area contributed by atoms with E-state index in [0.29, 0.717) is 24.3 Å². The van der Waals surface area contributed by atoms with Crippen LogP contribution in [0.1, 0.15) is 70.4 Å². The maximum absolute atomic E-state index is 14.3. The highest BCUT2D eigenvalue weighted by Gasteiger charge is 2.62. The van der Waals surface area contributed by atoms with Crippen LogP contribution in [0.3, 0.4) is 0 Å². The molecule has 0 bridgehead atoms. The maximum atomic E-state index is 14.3. The number of hydrogen-bond acceptors (Lipinski definition) is 10. The first-order valence-electron chi connectivity index (χ1n) is 17.2. The Labute approximate surface area is 301 Å². The average molecular weight is 750 g/mol. The first-order valence-corrected chi connectivity index (χ1v) is 19.1. The monoisotopic (exact) mass is 749 g/mol. The lowest BCUT2D eigenvalue weighted by Crippen LogP contribution is -2.58. The van der Waals surface area contributed by atoms with E-state index in [0.717, 1.165) is 11.1 Å². The summed E-state index contributed by atoms with van der Waals surface area (Å²) < 4.78 is 44.6. The molecule has 0 aromatic heterocycles. The zero-order valence-corrected chi connectivity index (χ0v) is 30.4. The molecule has 51 heavy (non-hydrogen) atoms. The first-order chi connectivity index (χ1) is 24.1. The van der Waals surface area contributed by atoms with Crippen LogP contribution in [0.25, 0.3) is 0 Å². The van der Waals surface area contributed by atoms with Crippen molar-refractivity contribution in [2.45, 2.75) is 107 Å². The fourth-order valence-corrected chi connectivity index (χ4v) is 8.35. The molecule has 3 aliphatic heterocycles. The highest BCUT2D eigenvalue weighted by molar-refractivity contribution is 7.91. The Balaban J connectivity index is 1.25. The van der Waals surface area contributed by atoms with E-state index in [1.165, 1.54) is 9.80 Å². The molecular formula is C34H44ClN5O10S. The largest absolute Gasteiger partial charge is 0.444 e. The van der Waals surface area contributed by atoms with Crippen LogP contribution in [0, 0.1) is 5.92 Å². The van der Waals surface area contributed by atoms with Gasteiger partial charge in [-0.1, -0.05) is 35.9 Å². The summed E-state index contributed by atoms with van der Waals surface area (Å²) in [6.45, 7) is 5.80. The Morgan fingerprint density at radius 3 is 2.59 bits per heavy atom. The topological polar surface area (TPSA) is 190 Å². The number of ether oxygens (including phenoxy) is 3. The van der Waals surface area contributed by atoms with Crippen molar-refractivity contribution in [2.24, 2.45) is 5.92 Å². The Kier molecular flexibility index (Phi) is 10.3. The maximum Gasteiger partial charge on any atom is 0.410 e. The zero-order chi connectivity index (χ0) is 36.7. The lowest BCUT2D eigenvalue weighted by atomic mass is 10.1. The van der Waals surface area contributed by atoms with Gasteiger partial charge in [0.25, 0.3) is 5.91 Å². The fraction of sp³-hybridized carbons (Fsp3) is 0.618. The van der Waals surface area contributed by atoms with Crippen LogP contribution in [0.4, 0.5) is 9.59 Å². The zero-order valence-electron chi connectivity index (χ0n) is 28.8. The number of alkyl carbamates (subject to hydrolysis) is 1. The summed E-state index contributed by atoms with van der Waals surface area (Å²) in [6.07, 6.45) is 2.43. The molecule has 2 saturated carbocycles. The third-order valence-corrected chi connectivity index (χ3v) is 11.8. The SMILES string of the molecule is CC(C)(C)OC(=O)N[C@H]1CCCOCC=C[C@@H]2C[C@@]2(C(=O)NS(=O)(=O)C2CC2)NC(=O)[C@@H]2C[C@@H](OC(=O)N3Cc4cccc(Cl)c4C3)CN2C1=O. The molecule has 5 amide bonds. The number of amides is 5. The summed E-state index contributed by atoms with van der Waals surface area (Å²) in [5.41, 5.74) is -0.744. The number of fused-ring (bicyclic) bond motifs is 3. The van der Waals surface area contributed by atoms with Gasteiger partial charge in [-0.3, -0.25) is 24.0 Å². The van der Waals surface area contributed by atoms with Crippen molar-refractivity contribution in [3.05, 3.63) is 46.5 Å². The minimum Gasteiger partial charge on any atom is -0.444 e. The number of benzene rings is 1. The summed E-state index contributed by atoms with van der Waals surface area (Å²) in [4.78, 5) is 70.9. The number of carbonyl (C=O) groups excluding carboxylic acids is 5. The lowest BCUT2D eigenvalue weighted by Gasteiger charge is -2.30. The Morgan fingerprint density at radius 1 is 1.12 bits per heavy atom. The number of hydrogen-bond donors (Lipinski definition) is 3. The smallest absolute Gasteiger partial charge is 0.410 e. The molecule has 15 nitrogen and oxygen atoms in total. The van der Waals surface area contributed by atoms with Crippen molar-refractivity contribution >= 4 is 51.5 Å². The second-order valence-electron chi connectivity index (χ2n) is 14.8. The predicted octanol–water partition coefficient (Wildman–Crippen LogP) is 2.50. The second kappa shape index (κ2) is 14.3. The second-order valence-corrected chi connectivity index (χ2v) is 17.1. The van der Waals surface area contributed by atoms with Crippen LogP contribution < -0.4 is 15.4 Å². The highest BCUT2D eigenvalue weighted by Crippen LogP contribution is 2.46. The van der Waals surface area contributed by atoms with Gasteiger partial charge >= 0.3 is 12.2 Å². The van der Waals surface area contributed by atoms with Crippen molar-refractivity contribution in [1.82, 2.24) is 25.2 Å². The van der Waals surface area contributed by atoms with Gasteiger partial charge in [0.1, 0.15) is 29.3 Å². The van der Waals surface area contributed by atoms with E-state index in [2.05, 4.69) is 15.4 Å². The standard InChI is InChI=1S/C34H44ClN5O10S/c1-33(2,3)50-31(44)36-26-10-6-14-48-13-5-8-21-16-34(21,30(43)38-51(46,47)23-11-12-23)37-28(41)27-15-22(18-40(27)29(26)42)49-32(45)39-17-20-7-4-9-25(35)24(20)19-39/h4-5,7-9,21-23,26-27H,6,10-19H2,1-3H3,(H,36,44)(H,37,41)(H,38,43)/t21-,22-,26+,27+,34-/m1/s1. The van der Waals surface area contributed by atoms with Crippen LogP contribution in [0.15, 0.2) is 30.4 Å². The van der Waals surface area contributed by atoms with Crippen LogP contribution >= 0.6 is 11.6 Å². The van der Waals surface area contributed by atoms with Gasteiger partial charge in [0.2, 0.25) is 21.8 Å². The van der Waals surface area contributed by atoms with Gasteiger partial charge in [-0.15, -0.1) is 0 Å². The number of sulfonamides is 1. The van der Waals surface area contributed by atoms with Crippen molar-refractivity contribution in [1.29, 1.82) is 0 Å². The van der Waals surface area contributed by atoms with Gasteiger partial charge < -0.3 is 29.7 Å². The molecule has 1 aromatic carbocycles. The summed E-state index contributed by atoms with van der Waals surface area (Å²) in [5, 5.41) is 5.26. The van der Waals surface area contributed by atoms with Crippen LogP contribution in [0.2, 0.25) is 5.02 Å². The van der Waals surface area contributed by atoms with E-state index in [4.69, 9.17) is 25.8 Å². The van der Waals surface area contributed by atoms with Crippen LogP contribution in [-0.4, -0.2) is 102 Å². The summed E-state index contributed by atoms with van der Waals surface area (Å²) in [5.74, 6) is -2.73. The Morgan fingerprint density at radius 2 is 1.88 bits per heavy atom. The molecule has 0 unspecified atom stereocenters. The fourth-order valence-electron chi connectivity index (χ4n) is 6.74. The average Bonchev–Trinajstić information content (AvgIpc) is 3.93. The summed E-state index contributed by atoms with van der Waals surface area (Å²) in [6, 6.07) is 3.06. The number of halogens is 1. The van der Waals surface area contributed by atoms with E-state index in [9.17, 15) is 32.4 Å². The van der Waals surface area contributed by atoms with Gasteiger partial charge in [0.05, 0.1) is 24.9 Å². The van der Waals surface area contributed by atoms with E-state index < -0.39 is 80.4 Å². The molecule has 0 radical (unpaired) electrons. The van der Waals surface area contributed by atoms with Gasteiger partial charge in [-0.25, -0.2) is 18.0 Å². The molecule has 5 aliphatic rings. The third-order valence-electron chi connectivity index (χ3n) is 9.62. The van der Waals surface area contributed by atoms with E-state index in [1.54, 1.807) is 45.1 Å². The van der Waals surface area contributed by atoms with E-state index in [-0.39, 0.29) is 52.1 Å². The van der Waals surface area contributed by atoms with Crippen molar-refractivity contribution in [2.75, 3.05) is 19.8 Å². The molecule has 278 valence electrons. The van der Waals surface area contributed by atoms with E-state index >= 15 is 0 Å². The van der Waals surface area contributed by atoms with Gasteiger partial charge in [0, 0.05) is 30.5 Å². The minimum absolute atomic E-state index is 0.105. The van der Waals surface area contributed by atoms with Crippen LogP contribution in [-0.2, 0) is 51.7 Å².